The van der Waals surface area contributed by atoms with Crippen LogP contribution in [0.25, 0.3) is 0 Å². The van der Waals surface area contributed by atoms with Crippen LogP contribution in [0.1, 0.15) is 38.2 Å². The quantitative estimate of drug-likeness (QED) is 0.751. The SMILES string of the molecule is CCC(CC(C)O)c1ccccc1. The van der Waals surface area contributed by atoms with Gasteiger partial charge in [0.25, 0.3) is 0 Å². The molecule has 1 aromatic carbocycles. The highest BCUT2D eigenvalue weighted by atomic mass is 16.3. The van der Waals surface area contributed by atoms with Crippen LogP contribution in [0.3, 0.4) is 0 Å². The molecular weight excluding hydrogens is 160 g/mol. The van der Waals surface area contributed by atoms with Crippen LogP contribution in [0.5, 0.6) is 0 Å². The molecule has 0 aliphatic carbocycles. The number of rotatable bonds is 4. The summed E-state index contributed by atoms with van der Waals surface area (Å²) >= 11 is 0. The van der Waals surface area contributed by atoms with Crippen LogP contribution in [-0.4, -0.2) is 11.2 Å². The zero-order valence-electron chi connectivity index (χ0n) is 8.40. The third-order valence-electron chi connectivity index (χ3n) is 2.39. The van der Waals surface area contributed by atoms with Crippen molar-refractivity contribution in [2.24, 2.45) is 0 Å². The van der Waals surface area contributed by atoms with Gasteiger partial charge in [-0.2, -0.15) is 0 Å². The van der Waals surface area contributed by atoms with E-state index < -0.39 is 0 Å². The first kappa shape index (κ1) is 10.3. The van der Waals surface area contributed by atoms with E-state index in [1.165, 1.54) is 5.56 Å². The Labute approximate surface area is 80.4 Å². The Morgan fingerprint density at radius 3 is 2.31 bits per heavy atom. The van der Waals surface area contributed by atoms with Gasteiger partial charge in [-0.3, -0.25) is 0 Å². The van der Waals surface area contributed by atoms with Crippen molar-refractivity contribution in [1.82, 2.24) is 0 Å². The van der Waals surface area contributed by atoms with Gasteiger partial charge in [-0.15, -0.1) is 0 Å². The molecule has 2 atom stereocenters. The lowest BCUT2D eigenvalue weighted by Crippen LogP contribution is -2.07. The second-order valence-corrected chi connectivity index (χ2v) is 3.60. The van der Waals surface area contributed by atoms with Gasteiger partial charge >= 0.3 is 0 Å². The summed E-state index contributed by atoms with van der Waals surface area (Å²) in [6.45, 7) is 4.02. The first-order chi connectivity index (χ1) is 6.24. The summed E-state index contributed by atoms with van der Waals surface area (Å²) in [5.41, 5.74) is 1.34. The normalized spacial score (nSPS) is 15.3. The topological polar surface area (TPSA) is 20.2 Å². The van der Waals surface area contributed by atoms with E-state index in [0.717, 1.165) is 12.8 Å². The van der Waals surface area contributed by atoms with Crippen molar-refractivity contribution < 1.29 is 5.11 Å². The summed E-state index contributed by atoms with van der Waals surface area (Å²) in [6, 6.07) is 10.4. The molecule has 72 valence electrons. The van der Waals surface area contributed by atoms with Gasteiger partial charge in [-0.25, -0.2) is 0 Å². The van der Waals surface area contributed by atoms with Crippen molar-refractivity contribution in [3.63, 3.8) is 0 Å². The fourth-order valence-corrected chi connectivity index (χ4v) is 1.68. The van der Waals surface area contributed by atoms with Crippen LogP contribution in [0, 0.1) is 0 Å². The van der Waals surface area contributed by atoms with E-state index in [4.69, 9.17) is 0 Å². The third-order valence-corrected chi connectivity index (χ3v) is 2.39. The molecule has 1 heteroatoms. The van der Waals surface area contributed by atoms with E-state index in [1.54, 1.807) is 0 Å². The van der Waals surface area contributed by atoms with Gasteiger partial charge in [0.2, 0.25) is 0 Å². The minimum atomic E-state index is -0.204. The van der Waals surface area contributed by atoms with E-state index in [-0.39, 0.29) is 6.10 Å². The maximum absolute atomic E-state index is 9.32. The van der Waals surface area contributed by atoms with Crippen molar-refractivity contribution in [3.8, 4) is 0 Å². The summed E-state index contributed by atoms with van der Waals surface area (Å²) in [4.78, 5) is 0. The van der Waals surface area contributed by atoms with Crippen LogP contribution in [0.2, 0.25) is 0 Å². The summed E-state index contributed by atoms with van der Waals surface area (Å²) in [5, 5.41) is 9.32. The highest BCUT2D eigenvalue weighted by Gasteiger charge is 2.10. The molecule has 0 aliphatic heterocycles. The molecule has 0 amide bonds. The van der Waals surface area contributed by atoms with E-state index >= 15 is 0 Å². The van der Waals surface area contributed by atoms with Crippen LogP contribution in [-0.2, 0) is 0 Å². The molecular formula is C12H18O. The Hall–Kier alpha value is -0.820. The maximum atomic E-state index is 9.32. The maximum Gasteiger partial charge on any atom is 0.0517 e. The molecule has 0 saturated carbocycles. The Balaban J connectivity index is 2.67. The second-order valence-electron chi connectivity index (χ2n) is 3.60. The first-order valence-electron chi connectivity index (χ1n) is 4.97. The van der Waals surface area contributed by atoms with E-state index in [2.05, 4.69) is 31.2 Å². The van der Waals surface area contributed by atoms with Gasteiger partial charge in [0.05, 0.1) is 6.10 Å². The lowest BCUT2D eigenvalue weighted by Gasteiger charge is -2.16. The largest absolute Gasteiger partial charge is 0.393 e. The van der Waals surface area contributed by atoms with Gasteiger partial charge in [0.1, 0.15) is 0 Å². The lowest BCUT2D eigenvalue weighted by molar-refractivity contribution is 0.173. The second kappa shape index (κ2) is 5.03. The number of benzene rings is 1. The van der Waals surface area contributed by atoms with Gasteiger partial charge in [-0.05, 0) is 31.2 Å². The van der Waals surface area contributed by atoms with Gasteiger partial charge < -0.3 is 5.11 Å². The highest BCUT2D eigenvalue weighted by molar-refractivity contribution is 5.19. The summed E-state index contributed by atoms with van der Waals surface area (Å²) in [6.07, 6.45) is 1.75. The van der Waals surface area contributed by atoms with Crippen LogP contribution in [0.4, 0.5) is 0 Å². The Kier molecular flexibility index (Phi) is 3.97. The minimum absolute atomic E-state index is 0.204. The Morgan fingerprint density at radius 1 is 1.23 bits per heavy atom. The zero-order chi connectivity index (χ0) is 9.68. The van der Waals surface area contributed by atoms with E-state index in [0.29, 0.717) is 5.92 Å². The summed E-state index contributed by atoms with van der Waals surface area (Å²) < 4.78 is 0. The van der Waals surface area contributed by atoms with Gasteiger partial charge in [0.15, 0.2) is 0 Å². The molecule has 2 unspecified atom stereocenters. The molecule has 1 nitrogen and oxygen atoms in total. The van der Waals surface area contributed by atoms with Gasteiger partial charge in [-0.1, -0.05) is 37.3 Å². The molecule has 1 aromatic rings. The molecule has 0 fully saturated rings. The standard InChI is InChI=1S/C12H18O/c1-3-11(9-10(2)13)12-7-5-4-6-8-12/h4-8,10-11,13H,3,9H2,1-2H3. The van der Waals surface area contributed by atoms with Crippen LogP contribution in [0.15, 0.2) is 30.3 Å². The molecule has 13 heavy (non-hydrogen) atoms. The highest BCUT2D eigenvalue weighted by Crippen LogP contribution is 2.24. The number of hydrogen-bond donors (Lipinski definition) is 1. The van der Waals surface area contributed by atoms with E-state index in [9.17, 15) is 5.11 Å². The van der Waals surface area contributed by atoms with Crippen molar-refractivity contribution in [2.75, 3.05) is 0 Å². The average Bonchev–Trinajstić information content (AvgIpc) is 2.15. The van der Waals surface area contributed by atoms with E-state index in [1.807, 2.05) is 13.0 Å². The third kappa shape index (κ3) is 3.19. The Bertz CT molecular complexity index is 228. The van der Waals surface area contributed by atoms with Crippen molar-refractivity contribution in [2.45, 2.75) is 38.7 Å². The average molecular weight is 178 g/mol. The zero-order valence-corrected chi connectivity index (χ0v) is 8.40. The molecule has 0 bridgehead atoms. The van der Waals surface area contributed by atoms with Crippen LogP contribution >= 0.6 is 0 Å². The molecule has 0 aromatic heterocycles. The Morgan fingerprint density at radius 2 is 1.85 bits per heavy atom. The molecule has 0 spiro atoms. The molecule has 0 radical (unpaired) electrons. The minimum Gasteiger partial charge on any atom is -0.393 e. The molecule has 0 aliphatic rings. The van der Waals surface area contributed by atoms with Crippen molar-refractivity contribution >= 4 is 0 Å². The number of aliphatic hydroxyl groups excluding tert-OH is 1. The molecule has 0 saturated heterocycles. The molecule has 0 heterocycles. The molecule has 1 N–H and O–H groups in total. The van der Waals surface area contributed by atoms with Crippen molar-refractivity contribution in [3.05, 3.63) is 35.9 Å². The number of aliphatic hydroxyl groups is 1. The lowest BCUT2D eigenvalue weighted by atomic mass is 9.91. The first-order valence-corrected chi connectivity index (χ1v) is 4.97. The fourth-order valence-electron chi connectivity index (χ4n) is 1.68. The van der Waals surface area contributed by atoms with Crippen LogP contribution < -0.4 is 0 Å². The smallest absolute Gasteiger partial charge is 0.0517 e. The predicted molar refractivity (Wildman–Crippen MR) is 55.8 cm³/mol. The number of hydrogen-bond acceptors (Lipinski definition) is 1. The van der Waals surface area contributed by atoms with Gasteiger partial charge in [0, 0.05) is 0 Å². The summed E-state index contributed by atoms with van der Waals surface area (Å²) in [7, 11) is 0. The predicted octanol–water partition coefficient (Wildman–Crippen LogP) is 2.95. The van der Waals surface area contributed by atoms with Crippen molar-refractivity contribution in [1.29, 1.82) is 0 Å². The summed E-state index contributed by atoms with van der Waals surface area (Å²) in [5.74, 6) is 0.501. The molecule has 1 rings (SSSR count). The monoisotopic (exact) mass is 178 g/mol. The fraction of sp³-hybridized carbons (Fsp3) is 0.500.